The summed E-state index contributed by atoms with van der Waals surface area (Å²) in [5.74, 6) is -0.133. The van der Waals surface area contributed by atoms with Crippen molar-refractivity contribution in [3.63, 3.8) is 0 Å². The largest absolute Gasteiger partial charge is 0.463 e. The Balaban J connectivity index is 2.43. The number of fused-ring (bicyclic) bond motifs is 1. The number of hydrogen-bond acceptors (Lipinski definition) is 2. The lowest BCUT2D eigenvalue weighted by atomic mass is 9.36. The topological polar surface area (TPSA) is 26.3 Å². The van der Waals surface area contributed by atoms with Gasteiger partial charge < -0.3 is 4.74 Å². The molecule has 2 unspecified atom stereocenters. The fraction of sp³-hybridized carbons (Fsp3) is 0.643. The van der Waals surface area contributed by atoms with Gasteiger partial charge in [-0.2, -0.15) is 0 Å². The zero-order valence-electron chi connectivity index (χ0n) is 11.0. The summed E-state index contributed by atoms with van der Waals surface area (Å²) < 4.78 is 5.14. The minimum Gasteiger partial charge on any atom is -0.463 e. The Bertz CT molecular complexity index is 442. The summed E-state index contributed by atoms with van der Waals surface area (Å²) in [6, 6.07) is 0. The summed E-state index contributed by atoms with van der Waals surface area (Å²) in [6.45, 7) is 13.0. The molecular formula is C14H20O2. The van der Waals surface area contributed by atoms with Crippen LogP contribution in [0.5, 0.6) is 0 Å². The molecule has 0 fully saturated rings. The zero-order chi connectivity index (χ0) is 12.3. The monoisotopic (exact) mass is 220 g/mol. The number of hydrogen-bond donors (Lipinski definition) is 0. The first-order chi connectivity index (χ1) is 7.33. The number of rotatable bonds is 2. The van der Waals surface area contributed by atoms with Gasteiger partial charge in [0.2, 0.25) is 0 Å². The van der Waals surface area contributed by atoms with Gasteiger partial charge in [-0.05, 0) is 27.7 Å². The van der Waals surface area contributed by atoms with E-state index < -0.39 is 0 Å². The normalized spacial score (nSPS) is 36.6. The second-order valence-electron chi connectivity index (χ2n) is 5.22. The van der Waals surface area contributed by atoms with Gasteiger partial charge in [0.25, 0.3) is 0 Å². The van der Waals surface area contributed by atoms with Gasteiger partial charge in [0.1, 0.15) is 0 Å². The van der Waals surface area contributed by atoms with Crippen LogP contribution in [0.1, 0.15) is 41.5 Å². The molecule has 0 radical (unpaired) electrons. The number of allylic oxidation sites excluding steroid dienone is 3. The van der Waals surface area contributed by atoms with Crippen molar-refractivity contribution in [1.29, 1.82) is 0 Å². The van der Waals surface area contributed by atoms with E-state index in [0.29, 0.717) is 6.61 Å². The molecule has 0 aromatic carbocycles. The van der Waals surface area contributed by atoms with Crippen LogP contribution in [0.15, 0.2) is 22.3 Å². The predicted octanol–water partition coefficient (Wildman–Crippen LogP) is 3.24. The average Bonchev–Trinajstić information content (AvgIpc) is 2.26. The molecule has 0 spiro atoms. The predicted molar refractivity (Wildman–Crippen MR) is 63.9 cm³/mol. The van der Waals surface area contributed by atoms with E-state index in [1.54, 1.807) is 0 Å². The number of carbonyl (C=O) groups excluding carboxylic acids is 1. The Morgan fingerprint density at radius 3 is 2.06 bits per heavy atom. The Morgan fingerprint density at radius 2 is 1.56 bits per heavy atom. The summed E-state index contributed by atoms with van der Waals surface area (Å²) in [5.41, 5.74) is 4.85. The lowest BCUT2D eigenvalue weighted by molar-refractivity contribution is -0.142. The van der Waals surface area contributed by atoms with Gasteiger partial charge >= 0.3 is 5.97 Å². The van der Waals surface area contributed by atoms with Crippen molar-refractivity contribution in [2.24, 2.45) is 10.8 Å². The summed E-state index contributed by atoms with van der Waals surface area (Å²) in [6.07, 6.45) is 0. The second-order valence-corrected chi connectivity index (χ2v) is 5.22. The van der Waals surface area contributed by atoms with Crippen LogP contribution in [-0.2, 0) is 9.53 Å². The lowest BCUT2D eigenvalue weighted by Gasteiger charge is -2.66. The van der Waals surface area contributed by atoms with Crippen molar-refractivity contribution in [2.45, 2.75) is 41.5 Å². The molecule has 2 aliphatic carbocycles. The zero-order valence-corrected chi connectivity index (χ0v) is 11.0. The molecule has 0 aromatic rings. The van der Waals surface area contributed by atoms with Crippen molar-refractivity contribution in [3.05, 3.63) is 22.3 Å². The van der Waals surface area contributed by atoms with Crippen molar-refractivity contribution >= 4 is 5.97 Å². The fourth-order valence-corrected chi connectivity index (χ4v) is 3.65. The van der Waals surface area contributed by atoms with Crippen LogP contribution in [-0.4, -0.2) is 12.6 Å². The molecule has 88 valence electrons. The van der Waals surface area contributed by atoms with Crippen molar-refractivity contribution in [2.75, 3.05) is 6.61 Å². The Kier molecular flexibility index (Phi) is 2.14. The highest BCUT2D eigenvalue weighted by molar-refractivity contribution is 5.97. The van der Waals surface area contributed by atoms with Crippen LogP contribution in [0.2, 0.25) is 0 Å². The molecule has 0 N–H and O–H groups in total. The summed E-state index contributed by atoms with van der Waals surface area (Å²) >= 11 is 0. The van der Waals surface area contributed by atoms with Crippen LogP contribution >= 0.6 is 0 Å². The number of carbonyl (C=O) groups is 1. The molecule has 2 atom stereocenters. The summed E-state index contributed by atoms with van der Waals surface area (Å²) in [7, 11) is 0. The van der Waals surface area contributed by atoms with E-state index in [1.807, 2.05) is 6.92 Å². The summed E-state index contributed by atoms with van der Waals surface area (Å²) in [5, 5.41) is 0. The third-order valence-corrected chi connectivity index (χ3v) is 5.17. The molecule has 0 bridgehead atoms. The van der Waals surface area contributed by atoms with Crippen LogP contribution < -0.4 is 0 Å². The Hall–Kier alpha value is -1.05. The van der Waals surface area contributed by atoms with Crippen molar-refractivity contribution in [3.8, 4) is 0 Å². The van der Waals surface area contributed by atoms with Gasteiger partial charge in [0.15, 0.2) is 0 Å². The molecule has 0 aromatic heterocycles. The molecule has 16 heavy (non-hydrogen) atoms. The molecule has 2 heteroatoms. The van der Waals surface area contributed by atoms with E-state index in [-0.39, 0.29) is 16.8 Å². The third-order valence-electron chi connectivity index (χ3n) is 5.17. The first-order valence-corrected chi connectivity index (χ1v) is 5.90. The number of ether oxygens (including phenoxy) is 1. The van der Waals surface area contributed by atoms with Gasteiger partial charge in [-0.25, -0.2) is 4.79 Å². The maximum Gasteiger partial charge on any atom is 0.334 e. The van der Waals surface area contributed by atoms with E-state index in [1.165, 1.54) is 16.7 Å². The van der Waals surface area contributed by atoms with Gasteiger partial charge in [0.05, 0.1) is 6.61 Å². The molecule has 2 aliphatic rings. The highest BCUT2D eigenvalue weighted by Crippen LogP contribution is 2.74. The highest BCUT2D eigenvalue weighted by Gasteiger charge is 2.68. The third kappa shape index (κ3) is 0.839. The fourth-order valence-electron chi connectivity index (χ4n) is 3.65. The Morgan fingerprint density at radius 1 is 1.06 bits per heavy atom. The first kappa shape index (κ1) is 11.4. The van der Waals surface area contributed by atoms with Gasteiger partial charge in [-0.3, -0.25) is 0 Å². The molecule has 0 amide bonds. The van der Waals surface area contributed by atoms with Crippen LogP contribution in [0.25, 0.3) is 0 Å². The maximum atomic E-state index is 11.9. The summed E-state index contributed by atoms with van der Waals surface area (Å²) in [4.78, 5) is 11.9. The van der Waals surface area contributed by atoms with E-state index in [2.05, 4.69) is 34.6 Å². The van der Waals surface area contributed by atoms with Gasteiger partial charge in [-0.1, -0.05) is 30.6 Å². The highest BCUT2D eigenvalue weighted by atomic mass is 16.5. The smallest absolute Gasteiger partial charge is 0.334 e. The molecule has 2 rings (SSSR count). The van der Waals surface area contributed by atoms with E-state index in [4.69, 9.17) is 4.74 Å². The van der Waals surface area contributed by atoms with Crippen molar-refractivity contribution < 1.29 is 9.53 Å². The SMILES string of the molecule is CCOC(=O)C1=C(C)C2(C)C(C)=C(C)C12C. The van der Waals surface area contributed by atoms with Crippen LogP contribution in [0.4, 0.5) is 0 Å². The average molecular weight is 220 g/mol. The molecule has 0 saturated carbocycles. The molecule has 0 saturated heterocycles. The molecular weight excluding hydrogens is 200 g/mol. The number of esters is 1. The molecule has 0 aliphatic heterocycles. The minimum absolute atomic E-state index is 0.0760. The van der Waals surface area contributed by atoms with E-state index >= 15 is 0 Å². The lowest BCUT2D eigenvalue weighted by Crippen LogP contribution is -2.60. The Labute approximate surface area is 97.4 Å². The molecule has 0 heterocycles. The van der Waals surface area contributed by atoms with E-state index in [0.717, 1.165) is 5.57 Å². The maximum absolute atomic E-state index is 11.9. The standard InChI is InChI=1S/C14H20O2/c1-7-16-12(15)11-10(4)13(5)8(2)9(3)14(11,13)6/h7H2,1-6H3. The first-order valence-electron chi connectivity index (χ1n) is 5.90. The molecule has 2 nitrogen and oxygen atoms in total. The quantitative estimate of drug-likeness (QED) is 0.527. The van der Waals surface area contributed by atoms with Crippen LogP contribution in [0, 0.1) is 10.8 Å². The van der Waals surface area contributed by atoms with Gasteiger partial charge in [0, 0.05) is 16.4 Å². The van der Waals surface area contributed by atoms with E-state index in [9.17, 15) is 4.79 Å². The van der Waals surface area contributed by atoms with Crippen molar-refractivity contribution in [1.82, 2.24) is 0 Å². The van der Waals surface area contributed by atoms with Crippen LogP contribution in [0.3, 0.4) is 0 Å². The van der Waals surface area contributed by atoms with Gasteiger partial charge in [-0.15, -0.1) is 0 Å². The second kappa shape index (κ2) is 2.99. The minimum atomic E-state index is -0.133.